The molecule has 2 N–H and O–H groups in total. The van der Waals surface area contributed by atoms with Gasteiger partial charge in [0.15, 0.2) is 0 Å². The number of nitrogen functional groups attached to an aromatic ring is 1. The Kier molecular flexibility index (Phi) is 2.90. The molecule has 0 spiro atoms. The summed E-state index contributed by atoms with van der Waals surface area (Å²) in [6.07, 6.45) is -4.05. The van der Waals surface area contributed by atoms with Gasteiger partial charge in [0.05, 0.1) is 11.9 Å². The van der Waals surface area contributed by atoms with Crippen LogP contribution in [0.4, 0.5) is 18.9 Å². The van der Waals surface area contributed by atoms with E-state index in [0.717, 1.165) is 6.20 Å². The molecule has 80 valence electrons. The van der Waals surface area contributed by atoms with Crippen LogP contribution in [0.25, 0.3) is 0 Å². The number of anilines is 1. The zero-order chi connectivity index (χ0) is 11.6. The summed E-state index contributed by atoms with van der Waals surface area (Å²) in [6, 6.07) is 1.55. The van der Waals surface area contributed by atoms with Crippen molar-refractivity contribution in [3.8, 4) is 11.9 Å². The first-order valence-electron chi connectivity index (χ1n) is 3.45. The third-order valence-corrected chi connectivity index (χ3v) is 1.69. The number of nitriles is 1. The van der Waals surface area contributed by atoms with Crippen molar-refractivity contribution < 1.29 is 17.9 Å². The van der Waals surface area contributed by atoms with E-state index in [4.69, 9.17) is 22.6 Å². The molecule has 0 amide bonds. The second kappa shape index (κ2) is 3.82. The van der Waals surface area contributed by atoms with Crippen LogP contribution in [-0.2, 0) is 0 Å². The highest BCUT2D eigenvalue weighted by molar-refractivity contribution is 6.33. The number of hydrogen-bond donors (Lipinski definition) is 1. The van der Waals surface area contributed by atoms with Gasteiger partial charge in [-0.15, -0.1) is 13.2 Å². The molecule has 1 heterocycles. The summed E-state index contributed by atoms with van der Waals surface area (Å²) in [5.41, 5.74) is 4.84. The van der Waals surface area contributed by atoms with Crippen molar-refractivity contribution in [2.45, 2.75) is 6.36 Å². The third-order valence-electron chi connectivity index (χ3n) is 1.34. The molecular formula is C7H3ClF3N3O. The summed E-state index contributed by atoms with van der Waals surface area (Å²) in [6.45, 7) is 0. The Morgan fingerprint density at radius 3 is 2.60 bits per heavy atom. The maximum atomic E-state index is 11.8. The zero-order valence-electron chi connectivity index (χ0n) is 6.97. The molecule has 0 radical (unpaired) electrons. The highest BCUT2D eigenvalue weighted by Gasteiger charge is 2.33. The lowest BCUT2D eigenvalue weighted by molar-refractivity contribution is -0.276. The fourth-order valence-electron chi connectivity index (χ4n) is 0.777. The highest BCUT2D eigenvalue weighted by atomic mass is 35.5. The van der Waals surface area contributed by atoms with E-state index < -0.39 is 17.3 Å². The monoisotopic (exact) mass is 237 g/mol. The fourth-order valence-corrected chi connectivity index (χ4v) is 1.02. The number of ether oxygens (including phenoxy) is 1. The molecule has 1 aromatic rings. The van der Waals surface area contributed by atoms with E-state index in [1.165, 1.54) is 0 Å². The van der Waals surface area contributed by atoms with Crippen LogP contribution >= 0.6 is 11.6 Å². The maximum Gasteiger partial charge on any atom is 0.574 e. The average molecular weight is 238 g/mol. The number of nitrogens with zero attached hydrogens (tertiary/aromatic N) is 2. The van der Waals surface area contributed by atoms with Gasteiger partial charge in [-0.05, 0) is 0 Å². The highest BCUT2D eigenvalue weighted by Crippen LogP contribution is 2.32. The van der Waals surface area contributed by atoms with E-state index in [9.17, 15) is 13.2 Å². The molecular weight excluding hydrogens is 235 g/mol. The lowest BCUT2D eigenvalue weighted by Crippen LogP contribution is -2.18. The molecule has 0 fully saturated rings. The SMILES string of the molecule is N#Cc1c(N)cnc(OC(F)(F)F)c1Cl. The summed E-state index contributed by atoms with van der Waals surface area (Å²) < 4.78 is 38.9. The predicted octanol–water partition coefficient (Wildman–Crippen LogP) is 2.09. The summed E-state index contributed by atoms with van der Waals surface area (Å²) in [5, 5.41) is 7.98. The first-order valence-corrected chi connectivity index (χ1v) is 3.82. The van der Waals surface area contributed by atoms with Crippen LogP contribution < -0.4 is 10.5 Å². The van der Waals surface area contributed by atoms with Crippen LogP contribution in [0.15, 0.2) is 6.20 Å². The number of hydrogen-bond acceptors (Lipinski definition) is 4. The van der Waals surface area contributed by atoms with Crippen molar-refractivity contribution in [2.24, 2.45) is 0 Å². The maximum absolute atomic E-state index is 11.8. The minimum Gasteiger partial charge on any atom is -0.396 e. The van der Waals surface area contributed by atoms with Crippen molar-refractivity contribution in [3.05, 3.63) is 16.8 Å². The molecule has 8 heteroatoms. The smallest absolute Gasteiger partial charge is 0.396 e. The number of aromatic nitrogens is 1. The zero-order valence-corrected chi connectivity index (χ0v) is 7.73. The summed E-state index contributed by atoms with van der Waals surface area (Å²) >= 11 is 5.43. The Bertz CT molecular complexity index is 427. The summed E-state index contributed by atoms with van der Waals surface area (Å²) in [7, 11) is 0. The van der Waals surface area contributed by atoms with Gasteiger partial charge in [-0.25, -0.2) is 4.98 Å². The van der Waals surface area contributed by atoms with E-state index in [1.54, 1.807) is 6.07 Å². The van der Waals surface area contributed by atoms with Gasteiger partial charge in [-0.3, -0.25) is 0 Å². The Morgan fingerprint density at radius 1 is 1.53 bits per heavy atom. The van der Waals surface area contributed by atoms with Crippen LogP contribution in [0, 0.1) is 11.3 Å². The molecule has 0 saturated heterocycles. The summed E-state index contributed by atoms with van der Waals surface area (Å²) in [4.78, 5) is 3.22. The fraction of sp³-hybridized carbons (Fsp3) is 0.143. The molecule has 4 nitrogen and oxygen atoms in total. The van der Waals surface area contributed by atoms with Gasteiger partial charge in [0, 0.05) is 0 Å². The molecule has 0 bridgehead atoms. The van der Waals surface area contributed by atoms with Crippen LogP contribution in [0.2, 0.25) is 5.02 Å². The Balaban J connectivity index is 3.18. The van der Waals surface area contributed by atoms with Crippen molar-refractivity contribution in [2.75, 3.05) is 5.73 Å². The Morgan fingerprint density at radius 2 is 2.13 bits per heavy atom. The average Bonchev–Trinajstić information content (AvgIpc) is 2.09. The van der Waals surface area contributed by atoms with Gasteiger partial charge in [0.2, 0.25) is 5.88 Å². The number of halogens is 4. The lowest BCUT2D eigenvalue weighted by Gasteiger charge is -2.10. The number of alkyl halides is 3. The molecule has 0 aliphatic heterocycles. The van der Waals surface area contributed by atoms with Gasteiger partial charge in [0.1, 0.15) is 16.7 Å². The van der Waals surface area contributed by atoms with Gasteiger partial charge < -0.3 is 10.5 Å². The molecule has 0 aromatic carbocycles. The minimum absolute atomic E-state index is 0.114. The van der Waals surface area contributed by atoms with Crippen LogP contribution in [0.3, 0.4) is 0 Å². The van der Waals surface area contributed by atoms with E-state index >= 15 is 0 Å². The van der Waals surface area contributed by atoms with E-state index in [1.807, 2.05) is 0 Å². The van der Waals surface area contributed by atoms with Crippen molar-refractivity contribution >= 4 is 17.3 Å². The number of rotatable bonds is 1. The lowest BCUT2D eigenvalue weighted by atomic mass is 10.2. The van der Waals surface area contributed by atoms with Gasteiger partial charge in [-0.1, -0.05) is 11.6 Å². The third kappa shape index (κ3) is 2.63. The Labute approximate surface area is 87.0 Å². The second-order valence-electron chi connectivity index (χ2n) is 2.37. The van der Waals surface area contributed by atoms with Crippen molar-refractivity contribution in [3.63, 3.8) is 0 Å². The van der Waals surface area contributed by atoms with Crippen LogP contribution in [0.5, 0.6) is 5.88 Å². The van der Waals surface area contributed by atoms with Crippen LogP contribution in [0.1, 0.15) is 5.56 Å². The van der Waals surface area contributed by atoms with Crippen molar-refractivity contribution in [1.82, 2.24) is 4.98 Å². The molecule has 1 rings (SSSR count). The van der Waals surface area contributed by atoms with Gasteiger partial charge in [0.25, 0.3) is 0 Å². The molecule has 0 saturated carbocycles. The number of pyridine rings is 1. The largest absolute Gasteiger partial charge is 0.574 e. The topological polar surface area (TPSA) is 71.9 Å². The first-order chi connectivity index (χ1) is 6.85. The first kappa shape index (κ1) is 11.4. The predicted molar refractivity (Wildman–Crippen MR) is 45.1 cm³/mol. The van der Waals surface area contributed by atoms with Gasteiger partial charge >= 0.3 is 6.36 Å². The Hall–Kier alpha value is -1.68. The van der Waals surface area contributed by atoms with Crippen molar-refractivity contribution in [1.29, 1.82) is 5.26 Å². The minimum atomic E-state index is -4.92. The quantitative estimate of drug-likeness (QED) is 0.812. The molecule has 15 heavy (non-hydrogen) atoms. The van der Waals surface area contributed by atoms with E-state index in [2.05, 4.69) is 9.72 Å². The molecule has 0 unspecified atom stereocenters. The molecule has 0 aliphatic carbocycles. The normalized spacial score (nSPS) is 10.9. The number of nitrogens with two attached hydrogens (primary N) is 1. The standard InChI is InChI=1S/C7H3ClF3N3O/c8-5-3(1-12)4(13)2-14-6(5)15-7(9,10)11/h2H,13H2. The summed E-state index contributed by atoms with van der Waals surface area (Å²) in [5.74, 6) is -0.894. The molecule has 0 atom stereocenters. The molecule has 1 aromatic heterocycles. The van der Waals surface area contributed by atoms with E-state index in [-0.39, 0.29) is 11.3 Å². The second-order valence-corrected chi connectivity index (χ2v) is 2.75. The van der Waals surface area contributed by atoms with E-state index in [0.29, 0.717) is 0 Å². The van der Waals surface area contributed by atoms with Crippen LogP contribution in [-0.4, -0.2) is 11.3 Å². The van der Waals surface area contributed by atoms with Gasteiger partial charge in [-0.2, -0.15) is 5.26 Å². The molecule has 0 aliphatic rings.